The number of carbonyl (C=O) groups is 1. The van der Waals surface area contributed by atoms with Crippen molar-refractivity contribution >= 4 is 5.91 Å². The van der Waals surface area contributed by atoms with Gasteiger partial charge in [-0.2, -0.15) is 0 Å². The third-order valence-corrected chi connectivity index (χ3v) is 3.31. The molecule has 1 saturated heterocycles. The van der Waals surface area contributed by atoms with Crippen molar-refractivity contribution in [3.8, 4) is 0 Å². The van der Waals surface area contributed by atoms with Crippen molar-refractivity contribution in [2.75, 3.05) is 26.2 Å². The Labute approximate surface area is 90.6 Å². The van der Waals surface area contributed by atoms with Crippen molar-refractivity contribution < 1.29 is 9.90 Å². The van der Waals surface area contributed by atoms with E-state index < -0.39 is 0 Å². The first kappa shape index (κ1) is 10.9. The van der Waals surface area contributed by atoms with Gasteiger partial charge in [-0.1, -0.05) is 0 Å². The molecule has 1 aliphatic carbocycles. The van der Waals surface area contributed by atoms with Crippen molar-refractivity contribution in [1.82, 2.24) is 10.2 Å². The van der Waals surface area contributed by atoms with Crippen LogP contribution in [0.3, 0.4) is 0 Å². The van der Waals surface area contributed by atoms with Crippen molar-refractivity contribution in [3.63, 3.8) is 0 Å². The first-order valence-electron chi connectivity index (χ1n) is 5.92. The first-order valence-corrected chi connectivity index (χ1v) is 5.92. The van der Waals surface area contributed by atoms with Crippen molar-refractivity contribution in [1.29, 1.82) is 0 Å². The number of hydrogen-bond donors (Lipinski definition) is 2. The van der Waals surface area contributed by atoms with Gasteiger partial charge in [0.15, 0.2) is 0 Å². The minimum absolute atomic E-state index is 0.0697. The van der Waals surface area contributed by atoms with E-state index in [-0.39, 0.29) is 18.6 Å². The van der Waals surface area contributed by atoms with Crippen molar-refractivity contribution in [3.05, 3.63) is 0 Å². The third kappa shape index (κ3) is 2.92. The van der Waals surface area contributed by atoms with E-state index >= 15 is 0 Å². The lowest BCUT2D eigenvalue weighted by Crippen LogP contribution is -2.42. The first-order chi connectivity index (χ1) is 7.31. The van der Waals surface area contributed by atoms with Crippen LogP contribution in [-0.2, 0) is 4.79 Å². The van der Waals surface area contributed by atoms with E-state index in [4.69, 9.17) is 5.11 Å². The number of nitrogens with zero attached hydrogens (tertiary/aromatic N) is 1. The van der Waals surface area contributed by atoms with Gasteiger partial charge in [-0.15, -0.1) is 0 Å². The Morgan fingerprint density at radius 2 is 2.20 bits per heavy atom. The number of hydrogen-bond acceptors (Lipinski definition) is 3. The zero-order valence-electron chi connectivity index (χ0n) is 9.11. The summed E-state index contributed by atoms with van der Waals surface area (Å²) in [7, 11) is 0. The van der Waals surface area contributed by atoms with Crippen LogP contribution in [0.1, 0.15) is 25.7 Å². The summed E-state index contributed by atoms with van der Waals surface area (Å²) in [6.07, 6.45) is 4.60. The normalized spacial score (nSPS) is 25.9. The van der Waals surface area contributed by atoms with Crippen LogP contribution in [0.2, 0.25) is 0 Å². The van der Waals surface area contributed by atoms with E-state index in [1.165, 1.54) is 12.8 Å². The number of aliphatic hydroxyl groups excluding tert-OH is 1. The molecule has 2 aliphatic rings. The van der Waals surface area contributed by atoms with Crippen LogP contribution in [0, 0.1) is 5.92 Å². The number of carbonyl (C=O) groups excluding carboxylic acids is 1. The average Bonchev–Trinajstić information content (AvgIpc) is 2.94. The number of likely N-dealkylation sites (tertiary alicyclic amines) is 1. The SMILES string of the molecule is O=C(CNCC1CC1)N1CCCC1CO. The molecule has 0 aromatic rings. The van der Waals surface area contributed by atoms with E-state index in [0.717, 1.165) is 31.8 Å². The topological polar surface area (TPSA) is 52.6 Å². The van der Waals surface area contributed by atoms with Crippen LogP contribution in [0.5, 0.6) is 0 Å². The van der Waals surface area contributed by atoms with Crippen LogP contribution >= 0.6 is 0 Å². The zero-order chi connectivity index (χ0) is 10.7. The van der Waals surface area contributed by atoms with Gasteiger partial charge in [0, 0.05) is 6.54 Å². The molecule has 0 bridgehead atoms. The van der Waals surface area contributed by atoms with Gasteiger partial charge >= 0.3 is 0 Å². The van der Waals surface area contributed by atoms with Crippen molar-refractivity contribution in [2.24, 2.45) is 5.92 Å². The van der Waals surface area contributed by atoms with Gasteiger partial charge in [0.2, 0.25) is 5.91 Å². The standard InChI is InChI=1S/C11H20N2O2/c14-8-10-2-1-5-13(10)11(15)7-12-6-9-3-4-9/h9-10,12,14H,1-8H2. The highest BCUT2D eigenvalue weighted by atomic mass is 16.3. The van der Waals surface area contributed by atoms with Gasteiger partial charge in [0.05, 0.1) is 19.2 Å². The van der Waals surface area contributed by atoms with Crippen LogP contribution in [0.4, 0.5) is 0 Å². The largest absolute Gasteiger partial charge is 0.394 e. The summed E-state index contributed by atoms with van der Waals surface area (Å²) in [4.78, 5) is 13.6. The highest BCUT2D eigenvalue weighted by Gasteiger charge is 2.28. The van der Waals surface area contributed by atoms with Crippen LogP contribution < -0.4 is 5.32 Å². The maximum absolute atomic E-state index is 11.8. The lowest BCUT2D eigenvalue weighted by atomic mass is 10.2. The van der Waals surface area contributed by atoms with Crippen LogP contribution in [0.25, 0.3) is 0 Å². The molecule has 1 saturated carbocycles. The second-order valence-electron chi connectivity index (χ2n) is 4.64. The lowest BCUT2D eigenvalue weighted by Gasteiger charge is -2.23. The number of rotatable bonds is 5. The molecule has 1 atom stereocenters. The summed E-state index contributed by atoms with van der Waals surface area (Å²) >= 11 is 0. The van der Waals surface area contributed by atoms with Crippen molar-refractivity contribution in [2.45, 2.75) is 31.7 Å². The number of aliphatic hydroxyl groups is 1. The van der Waals surface area contributed by atoms with E-state index in [2.05, 4.69) is 5.32 Å². The molecule has 15 heavy (non-hydrogen) atoms. The summed E-state index contributed by atoms with van der Waals surface area (Å²) < 4.78 is 0. The number of nitrogens with one attached hydrogen (secondary N) is 1. The monoisotopic (exact) mass is 212 g/mol. The quantitative estimate of drug-likeness (QED) is 0.673. The molecule has 4 heteroatoms. The molecule has 86 valence electrons. The predicted molar refractivity (Wildman–Crippen MR) is 57.4 cm³/mol. The molecule has 0 spiro atoms. The molecule has 0 radical (unpaired) electrons. The summed E-state index contributed by atoms with van der Waals surface area (Å²) in [5, 5.41) is 12.3. The summed E-state index contributed by atoms with van der Waals surface area (Å²) in [6.45, 7) is 2.33. The fourth-order valence-electron chi connectivity index (χ4n) is 2.16. The summed E-state index contributed by atoms with van der Waals surface area (Å²) in [5.74, 6) is 0.956. The summed E-state index contributed by atoms with van der Waals surface area (Å²) in [5.41, 5.74) is 0. The Morgan fingerprint density at radius 3 is 2.87 bits per heavy atom. The average molecular weight is 212 g/mol. The molecule has 1 aliphatic heterocycles. The molecule has 2 rings (SSSR count). The van der Waals surface area contributed by atoms with Gasteiger partial charge in [0.1, 0.15) is 0 Å². The van der Waals surface area contributed by atoms with Crippen LogP contribution in [0.15, 0.2) is 0 Å². The predicted octanol–water partition coefficient (Wildman–Crippen LogP) is -0.0307. The van der Waals surface area contributed by atoms with Gasteiger partial charge in [-0.3, -0.25) is 4.79 Å². The van der Waals surface area contributed by atoms with E-state index in [1.54, 1.807) is 0 Å². The van der Waals surface area contributed by atoms with E-state index in [0.29, 0.717) is 6.54 Å². The molecular formula is C11H20N2O2. The lowest BCUT2D eigenvalue weighted by molar-refractivity contribution is -0.131. The van der Waals surface area contributed by atoms with E-state index in [9.17, 15) is 4.79 Å². The minimum atomic E-state index is 0.0697. The van der Waals surface area contributed by atoms with Gasteiger partial charge in [-0.05, 0) is 38.1 Å². The van der Waals surface area contributed by atoms with E-state index in [1.807, 2.05) is 4.90 Å². The van der Waals surface area contributed by atoms with Gasteiger partial charge < -0.3 is 15.3 Å². The Kier molecular flexibility index (Phi) is 3.59. The highest BCUT2D eigenvalue weighted by Crippen LogP contribution is 2.27. The second kappa shape index (κ2) is 4.94. The second-order valence-corrected chi connectivity index (χ2v) is 4.64. The van der Waals surface area contributed by atoms with Gasteiger partial charge in [-0.25, -0.2) is 0 Å². The fourth-order valence-corrected chi connectivity index (χ4v) is 2.16. The minimum Gasteiger partial charge on any atom is -0.394 e. The highest BCUT2D eigenvalue weighted by molar-refractivity contribution is 5.78. The summed E-state index contributed by atoms with van der Waals surface area (Å²) in [6, 6.07) is 0.0697. The Hall–Kier alpha value is -0.610. The third-order valence-electron chi connectivity index (χ3n) is 3.31. The smallest absolute Gasteiger partial charge is 0.236 e. The van der Waals surface area contributed by atoms with Crippen LogP contribution in [-0.4, -0.2) is 48.2 Å². The fraction of sp³-hybridized carbons (Fsp3) is 0.909. The molecule has 2 fully saturated rings. The molecule has 4 nitrogen and oxygen atoms in total. The van der Waals surface area contributed by atoms with Gasteiger partial charge in [0.25, 0.3) is 0 Å². The molecule has 1 heterocycles. The molecule has 0 aromatic carbocycles. The number of amides is 1. The molecule has 1 amide bonds. The Bertz CT molecular complexity index is 229. The molecule has 1 unspecified atom stereocenters. The Morgan fingerprint density at radius 1 is 1.40 bits per heavy atom. The molecule has 0 aromatic heterocycles. The molecular weight excluding hydrogens is 192 g/mol. The molecule has 2 N–H and O–H groups in total. The Balaban J connectivity index is 1.68. The maximum Gasteiger partial charge on any atom is 0.236 e. The maximum atomic E-state index is 11.8. The zero-order valence-corrected chi connectivity index (χ0v) is 9.11.